The SMILES string of the molecule is C=CC[C@@H]1CN(S(=O)(=O)c2ccc(C)cc2)C[C@H]1/C=C/CN(C)S(=O)(=O)c1ccc(C)cc1. The van der Waals surface area contributed by atoms with Crippen molar-refractivity contribution in [1.29, 1.82) is 0 Å². The van der Waals surface area contributed by atoms with Crippen molar-refractivity contribution in [3.8, 4) is 0 Å². The molecule has 1 aliphatic rings. The zero-order chi connectivity index (χ0) is 24.2. The van der Waals surface area contributed by atoms with E-state index >= 15 is 0 Å². The predicted octanol–water partition coefficient (Wildman–Crippen LogP) is 3.99. The van der Waals surface area contributed by atoms with E-state index in [9.17, 15) is 16.8 Å². The normalized spacial score (nSPS) is 20.0. The average molecular weight is 489 g/mol. The van der Waals surface area contributed by atoms with E-state index in [-0.39, 0.29) is 23.3 Å². The van der Waals surface area contributed by atoms with E-state index in [0.29, 0.717) is 24.4 Å². The molecule has 1 aliphatic heterocycles. The van der Waals surface area contributed by atoms with Crippen LogP contribution in [-0.4, -0.2) is 52.1 Å². The van der Waals surface area contributed by atoms with Crippen molar-refractivity contribution < 1.29 is 16.8 Å². The Balaban J connectivity index is 1.71. The van der Waals surface area contributed by atoms with Gasteiger partial charge in [0.05, 0.1) is 9.79 Å². The molecule has 2 atom stereocenters. The Morgan fingerprint density at radius 3 is 2.03 bits per heavy atom. The van der Waals surface area contributed by atoms with Gasteiger partial charge in [-0.05, 0) is 56.4 Å². The summed E-state index contributed by atoms with van der Waals surface area (Å²) in [6.45, 7) is 8.62. The minimum Gasteiger partial charge on any atom is -0.207 e. The molecule has 2 aromatic carbocycles. The molecular formula is C25H32N2O4S2. The van der Waals surface area contributed by atoms with E-state index in [2.05, 4.69) is 6.58 Å². The molecule has 1 heterocycles. The molecule has 178 valence electrons. The second-order valence-corrected chi connectivity index (χ2v) is 12.6. The van der Waals surface area contributed by atoms with Gasteiger partial charge in [0.2, 0.25) is 20.0 Å². The quantitative estimate of drug-likeness (QED) is 0.500. The summed E-state index contributed by atoms with van der Waals surface area (Å²) in [5.74, 6) is 0.0803. The van der Waals surface area contributed by atoms with Gasteiger partial charge in [-0.15, -0.1) is 6.58 Å². The number of allylic oxidation sites excluding steroid dienone is 1. The second-order valence-electron chi connectivity index (χ2n) is 8.61. The van der Waals surface area contributed by atoms with Crippen LogP contribution in [-0.2, 0) is 20.0 Å². The maximum Gasteiger partial charge on any atom is 0.243 e. The Morgan fingerprint density at radius 1 is 0.939 bits per heavy atom. The third-order valence-corrected chi connectivity index (χ3v) is 9.74. The zero-order valence-electron chi connectivity index (χ0n) is 19.4. The number of sulfonamides is 2. The van der Waals surface area contributed by atoms with Crippen molar-refractivity contribution in [3.63, 3.8) is 0 Å². The smallest absolute Gasteiger partial charge is 0.207 e. The number of hydrogen-bond donors (Lipinski definition) is 0. The molecule has 0 saturated carbocycles. The van der Waals surface area contributed by atoms with E-state index in [0.717, 1.165) is 11.1 Å². The fourth-order valence-electron chi connectivity index (χ4n) is 3.97. The summed E-state index contributed by atoms with van der Waals surface area (Å²) in [4.78, 5) is 0.545. The molecule has 0 bridgehead atoms. The van der Waals surface area contributed by atoms with Crippen LogP contribution in [0.25, 0.3) is 0 Å². The minimum atomic E-state index is -3.59. The van der Waals surface area contributed by atoms with Gasteiger partial charge in [0.1, 0.15) is 0 Å². The third-order valence-electron chi connectivity index (χ3n) is 6.06. The van der Waals surface area contributed by atoms with Gasteiger partial charge < -0.3 is 0 Å². The van der Waals surface area contributed by atoms with Crippen molar-refractivity contribution in [2.45, 2.75) is 30.1 Å². The van der Waals surface area contributed by atoms with Crippen molar-refractivity contribution in [3.05, 3.63) is 84.5 Å². The van der Waals surface area contributed by atoms with E-state index in [1.54, 1.807) is 55.6 Å². The van der Waals surface area contributed by atoms with Gasteiger partial charge in [-0.25, -0.2) is 16.8 Å². The van der Waals surface area contributed by atoms with Gasteiger partial charge in [-0.1, -0.05) is 53.6 Å². The number of rotatable bonds is 9. The number of aryl methyl sites for hydroxylation is 2. The number of hydrogen-bond acceptors (Lipinski definition) is 4. The monoisotopic (exact) mass is 488 g/mol. The van der Waals surface area contributed by atoms with Gasteiger partial charge in [-0.2, -0.15) is 8.61 Å². The van der Waals surface area contributed by atoms with E-state index < -0.39 is 20.0 Å². The fourth-order valence-corrected chi connectivity index (χ4v) is 6.62. The van der Waals surface area contributed by atoms with E-state index in [4.69, 9.17) is 0 Å². The molecule has 8 heteroatoms. The summed E-state index contributed by atoms with van der Waals surface area (Å²) in [6.07, 6.45) is 6.25. The van der Waals surface area contributed by atoms with Crippen LogP contribution in [0.5, 0.6) is 0 Å². The van der Waals surface area contributed by atoms with Crippen molar-refractivity contribution >= 4 is 20.0 Å². The van der Waals surface area contributed by atoms with Crippen LogP contribution in [0.15, 0.2) is 83.1 Å². The summed E-state index contributed by atoms with van der Waals surface area (Å²) in [7, 11) is -5.63. The predicted molar refractivity (Wildman–Crippen MR) is 132 cm³/mol. The number of nitrogens with zero attached hydrogens (tertiary/aromatic N) is 2. The van der Waals surface area contributed by atoms with Crippen molar-refractivity contribution in [2.24, 2.45) is 11.8 Å². The van der Waals surface area contributed by atoms with Gasteiger partial charge in [0.25, 0.3) is 0 Å². The first-order valence-corrected chi connectivity index (χ1v) is 13.8. The minimum absolute atomic E-state index is 0.0151. The summed E-state index contributed by atoms with van der Waals surface area (Å²) in [5, 5.41) is 0. The average Bonchev–Trinajstić information content (AvgIpc) is 3.18. The molecule has 0 radical (unpaired) electrons. The lowest BCUT2D eigenvalue weighted by atomic mass is 9.92. The largest absolute Gasteiger partial charge is 0.243 e. The molecular weight excluding hydrogens is 456 g/mol. The first kappa shape index (κ1) is 25.4. The maximum absolute atomic E-state index is 13.1. The van der Waals surface area contributed by atoms with Crippen LogP contribution in [0.3, 0.4) is 0 Å². The van der Waals surface area contributed by atoms with Crippen LogP contribution in [0.2, 0.25) is 0 Å². The van der Waals surface area contributed by atoms with Crippen LogP contribution in [0.4, 0.5) is 0 Å². The third kappa shape index (κ3) is 5.81. The molecule has 0 aliphatic carbocycles. The number of likely N-dealkylation sites (N-methyl/N-ethyl adjacent to an activating group) is 1. The first-order chi connectivity index (χ1) is 15.6. The summed E-state index contributed by atoms with van der Waals surface area (Å²) < 4.78 is 54.7. The van der Waals surface area contributed by atoms with Gasteiger partial charge in [0.15, 0.2) is 0 Å². The highest BCUT2D eigenvalue weighted by Gasteiger charge is 2.37. The lowest BCUT2D eigenvalue weighted by Gasteiger charge is -2.17. The molecule has 1 fully saturated rings. The Hall–Kier alpha value is -2.26. The Kier molecular flexibility index (Phi) is 7.95. The number of benzene rings is 2. The highest BCUT2D eigenvalue weighted by atomic mass is 32.2. The van der Waals surface area contributed by atoms with Crippen LogP contribution in [0.1, 0.15) is 17.5 Å². The van der Waals surface area contributed by atoms with E-state index in [1.165, 1.54) is 8.61 Å². The molecule has 2 aromatic rings. The summed E-state index contributed by atoms with van der Waals surface area (Å²) in [6, 6.07) is 13.6. The van der Waals surface area contributed by atoms with Gasteiger partial charge >= 0.3 is 0 Å². The first-order valence-electron chi connectivity index (χ1n) is 10.9. The molecule has 0 amide bonds. The molecule has 0 aromatic heterocycles. The molecule has 33 heavy (non-hydrogen) atoms. The standard InChI is InChI=1S/C25H32N2O4S2/c1-5-7-22-18-27(33(30,31)25-15-11-21(3)12-16-25)19-23(22)8-6-17-26(4)32(28,29)24-13-9-20(2)10-14-24/h5-6,8-16,22-23H,1,7,17-19H2,2-4H3/b8-6+/t22-,23-/m1/s1. The Morgan fingerprint density at radius 2 is 1.48 bits per heavy atom. The molecule has 0 unspecified atom stereocenters. The Bertz CT molecular complexity index is 1200. The zero-order valence-corrected chi connectivity index (χ0v) is 21.0. The second kappa shape index (κ2) is 10.3. The highest BCUT2D eigenvalue weighted by Crippen LogP contribution is 2.32. The van der Waals surface area contributed by atoms with E-state index in [1.807, 2.05) is 32.1 Å². The lowest BCUT2D eigenvalue weighted by Crippen LogP contribution is -2.29. The van der Waals surface area contributed by atoms with Crippen LogP contribution < -0.4 is 0 Å². The van der Waals surface area contributed by atoms with Crippen molar-refractivity contribution in [2.75, 3.05) is 26.7 Å². The highest BCUT2D eigenvalue weighted by molar-refractivity contribution is 7.89. The van der Waals surface area contributed by atoms with Crippen molar-refractivity contribution in [1.82, 2.24) is 8.61 Å². The van der Waals surface area contributed by atoms with Gasteiger partial charge in [0, 0.05) is 26.7 Å². The molecule has 6 nitrogen and oxygen atoms in total. The molecule has 1 saturated heterocycles. The molecule has 3 rings (SSSR count). The van der Waals surface area contributed by atoms with Gasteiger partial charge in [-0.3, -0.25) is 0 Å². The molecule has 0 N–H and O–H groups in total. The fraction of sp³-hybridized carbons (Fsp3) is 0.360. The topological polar surface area (TPSA) is 74.8 Å². The summed E-state index contributed by atoms with van der Waals surface area (Å²) in [5.41, 5.74) is 2.00. The summed E-state index contributed by atoms with van der Waals surface area (Å²) >= 11 is 0. The van der Waals surface area contributed by atoms with Crippen LogP contribution in [0, 0.1) is 25.7 Å². The Labute approximate surface area is 198 Å². The lowest BCUT2D eigenvalue weighted by molar-refractivity contribution is 0.457. The molecule has 0 spiro atoms. The van der Waals surface area contributed by atoms with Crippen LogP contribution >= 0.6 is 0 Å². The maximum atomic E-state index is 13.1.